The number of nitrogens with one attached hydrogen (secondary N) is 1. The van der Waals surface area contributed by atoms with E-state index < -0.39 is 0 Å². The van der Waals surface area contributed by atoms with E-state index in [1.54, 1.807) is 0 Å². The first kappa shape index (κ1) is 14.3. The largest absolute Gasteiger partial charge is 0.329 e. The van der Waals surface area contributed by atoms with Gasteiger partial charge < -0.3 is 16.0 Å². The molecule has 6 heteroatoms. The predicted octanol–water partition coefficient (Wildman–Crippen LogP) is 1.56. The van der Waals surface area contributed by atoms with E-state index in [0.717, 1.165) is 42.9 Å². The van der Waals surface area contributed by atoms with Crippen LogP contribution in [0.25, 0.3) is 0 Å². The first-order chi connectivity index (χ1) is 9.19. The van der Waals surface area contributed by atoms with Crippen molar-refractivity contribution in [2.24, 2.45) is 5.73 Å². The van der Waals surface area contributed by atoms with Crippen LogP contribution in [0, 0.1) is 0 Å². The van der Waals surface area contributed by atoms with Gasteiger partial charge in [0.1, 0.15) is 0 Å². The number of hydrogen-bond acceptors (Lipinski definition) is 3. The highest BCUT2D eigenvalue weighted by molar-refractivity contribution is 9.10. The summed E-state index contributed by atoms with van der Waals surface area (Å²) in [7, 11) is 0. The minimum atomic E-state index is -0.0366. The predicted molar refractivity (Wildman–Crippen MR) is 80.2 cm³/mol. The van der Waals surface area contributed by atoms with Gasteiger partial charge in [0.2, 0.25) is 0 Å². The van der Waals surface area contributed by atoms with Gasteiger partial charge in [-0.25, -0.2) is 4.79 Å². The molecule has 0 aromatic heterocycles. The number of hydrogen-bond donors (Lipinski definition) is 2. The monoisotopic (exact) mass is 326 g/mol. The molecule has 1 aliphatic rings. The second-order valence-corrected chi connectivity index (χ2v) is 5.47. The molecule has 19 heavy (non-hydrogen) atoms. The Morgan fingerprint density at radius 3 is 2.68 bits per heavy atom. The number of nitrogens with two attached hydrogens (primary N) is 1. The Kier molecular flexibility index (Phi) is 5.18. The lowest BCUT2D eigenvalue weighted by atomic mass is 10.3. The third-order valence-corrected chi connectivity index (χ3v) is 3.67. The summed E-state index contributed by atoms with van der Waals surface area (Å²) in [5.74, 6) is 0. The van der Waals surface area contributed by atoms with Crippen molar-refractivity contribution in [2.75, 3.05) is 44.6 Å². The van der Waals surface area contributed by atoms with E-state index >= 15 is 0 Å². The number of benzene rings is 1. The Labute approximate surface area is 121 Å². The zero-order valence-electron chi connectivity index (χ0n) is 10.8. The van der Waals surface area contributed by atoms with Gasteiger partial charge in [-0.15, -0.1) is 0 Å². The maximum absolute atomic E-state index is 12.1. The van der Waals surface area contributed by atoms with E-state index in [1.165, 1.54) is 0 Å². The highest BCUT2D eigenvalue weighted by Gasteiger charge is 2.20. The van der Waals surface area contributed by atoms with Gasteiger partial charge in [0, 0.05) is 49.4 Å². The molecule has 0 unspecified atom stereocenters. The summed E-state index contributed by atoms with van der Waals surface area (Å²) in [5, 5.41) is 2.91. The molecule has 0 radical (unpaired) electrons. The van der Waals surface area contributed by atoms with Crippen LogP contribution in [-0.2, 0) is 0 Å². The third-order valence-electron chi connectivity index (χ3n) is 3.18. The zero-order valence-corrected chi connectivity index (χ0v) is 12.4. The lowest BCUT2D eigenvalue weighted by Gasteiger charge is -2.34. The number of carbonyl (C=O) groups excluding carboxylic acids is 1. The summed E-state index contributed by atoms with van der Waals surface area (Å²) < 4.78 is 0.957. The molecule has 5 nitrogen and oxygen atoms in total. The third kappa shape index (κ3) is 4.19. The smallest absolute Gasteiger partial charge is 0.321 e. The van der Waals surface area contributed by atoms with Crippen molar-refractivity contribution in [3.8, 4) is 0 Å². The molecule has 1 aromatic rings. The van der Waals surface area contributed by atoms with E-state index in [2.05, 4.69) is 26.1 Å². The van der Waals surface area contributed by atoms with Crippen LogP contribution in [-0.4, -0.2) is 55.1 Å². The minimum absolute atomic E-state index is 0.0366. The molecule has 1 aliphatic heterocycles. The SMILES string of the molecule is NCCN1CCN(C(=O)Nc2cccc(Br)c2)CC1. The number of piperazine rings is 1. The van der Waals surface area contributed by atoms with Crippen LogP contribution in [0.5, 0.6) is 0 Å². The maximum Gasteiger partial charge on any atom is 0.321 e. The molecule has 0 atom stereocenters. The summed E-state index contributed by atoms with van der Waals surface area (Å²) in [4.78, 5) is 16.2. The van der Waals surface area contributed by atoms with Gasteiger partial charge in [-0.05, 0) is 18.2 Å². The molecule has 0 saturated carbocycles. The van der Waals surface area contributed by atoms with Gasteiger partial charge in [-0.1, -0.05) is 22.0 Å². The molecular weight excluding hydrogens is 308 g/mol. The number of anilines is 1. The van der Waals surface area contributed by atoms with E-state index in [0.29, 0.717) is 6.54 Å². The molecule has 0 bridgehead atoms. The van der Waals surface area contributed by atoms with Gasteiger partial charge in [0.25, 0.3) is 0 Å². The molecule has 2 rings (SSSR count). The van der Waals surface area contributed by atoms with Crippen LogP contribution in [0.2, 0.25) is 0 Å². The van der Waals surface area contributed by atoms with Crippen LogP contribution in [0.3, 0.4) is 0 Å². The summed E-state index contributed by atoms with van der Waals surface area (Å²) in [5.41, 5.74) is 6.34. The molecule has 0 spiro atoms. The van der Waals surface area contributed by atoms with Gasteiger partial charge in [0.05, 0.1) is 0 Å². The number of halogens is 1. The molecular formula is C13H19BrN4O. The molecule has 1 saturated heterocycles. The highest BCUT2D eigenvalue weighted by atomic mass is 79.9. The van der Waals surface area contributed by atoms with Crippen LogP contribution >= 0.6 is 15.9 Å². The second-order valence-electron chi connectivity index (χ2n) is 4.56. The number of carbonyl (C=O) groups is 1. The Hall–Kier alpha value is -1.11. The standard InChI is InChI=1S/C13H19BrN4O/c14-11-2-1-3-12(10-11)16-13(19)18-8-6-17(5-4-15)7-9-18/h1-3,10H,4-9,15H2,(H,16,19). The second kappa shape index (κ2) is 6.88. The summed E-state index contributed by atoms with van der Waals surface area (Å²) in [6.07, 6.45) is 0. The normalized spacial score (nSPS) is 16.4. The Morgan fingerprint density at radius 2 is 2.05 bits per heavy atom. The Balaban J connectivity index is 1.84. The van der Waals surface area contributed by atoms with Crippen LogP contribution < -0.4 is 11.1 Å². The minimum Gasteiger partial charge on any atom is -0.329 e. The fourth-order valence-corrected chi connectivity index (χ4v) is 2.53. The molecule has 104 valence electrons. The molecule has 0 aliphatic carbocycles. The maximum atomic E-state index is 12.1. The van der Waals surface area contributed by atoms with Crippen molar-refractivity contribution in [3.63, 3.8) is 0 Å². The summed E-state index contributed by atoms with van der Waals surface area (Å²) in [6, 6.07) is 7.57. The molecule has 1 heterocycles. The lowest BCUT2D eigenvalue weighted by molar-refractivity contribution is 0.149. The number of nitrogens with zero attached hydrogens (tertiary/aromatic N) is 2. The summed E-state index contributed by atoms with van der Waals surface area (Å²) in [6.45, 7) is 4.86. The number of rotatable bonds is 3. The Morgan fingerprint density at radius 1 is 1.32 bits per heavy atom. The van der Waals surface area contributed by atoms with Crippen molar-refractivity contribution < 1.29 is 4.79 Å². The quantitative estimate of drug-likeness (QED) is 0.886. The topological polar surface area (TPSA) is 61.6 Å². The average Bonchev–Trinajstić information content (AvgIpc) is 2.40. The fraction of sp³-hybridized carbons (Fsp3) is 0.462. The molecule has 3 N–H and O–H groups in total. The Bertz CT molecular complexity index is 432. The van der Waals surface area contributed by atoms with E-state index in [9.17, 15) is 4.79 Å². The lowest BCUT2D eigenvalue weighted by Crippen LogP contribution is -2.50. The first-order valence-corrected chi connectivity index (χ1v) is 7.22. The van der Waals surface area contributed by atoms with Gasteiger partial charge in [0.15, 0.2) is 0 Å². The van der Waals surface area contributed by atoms with Crippen molar-refractivity contribution in [1.82, 2.24) is 9.80 Å². The fourth-order valence-electron chi connectivity index (χ4n) is 2.13. The van der Waals surface area contributed by atoms with Crippen LogP contribution in [0.4, 0.5) is 10.5 Å². The van der Waals surface area contributed by atoms with E-state index in [1.807, 2.05) is 29.2 Å². The van der Waals surface area contributed by atoms with Crippen LogP contribution in [0.15, 0.2) is 28.7 Å². The van der Waals surface area contributed by atoms with Crippen molar-refractivity contribution >= 4 is 27.6 Å². The number of urea groups is 1. The van der Waals surface area contributed by atoms with E-state index in [-0.39, 0.29) is 6.03 Å². The molecule has 1 fully saturated rings. The van der Waals surface area contributed by atoms with Crippen LogP contribution in [0.1, 0.15) is 0 Å². The highest BCUT2D eigenvalue weighted by Crippen LogP contribution is 2.16. The van der Waals surface area contributed by atoms with Crippen molar-refractivity contribution in [1.29, 1.82) is 0 Å². The number of amides is 2. The first-order valence-electron chi connectivity index (χ1n) is 6.43. The summed E-state index contributed by atoms with van der Waals surface area (Å²) >= 11 is 3.39. The average molecular weight is 327 g/mol. The molecule has 2 amide bonds. The van der Waals surface area contributed by atoms with Gasteiger partial charge in [-0.2, -0.15) is 0 Å². The van der Waals surface area contributed by atoms with Gasteiger partial charge >= 0.3 is 6.03 Å². The van der Waals surface area contributed by atoms with Gasteiger partial charge in [-0.3, -0.25) is 4.90 Å². The molecule has 1 aromatic carbocycles. The van der Waals surface area contributed by atoms with Crippen molar-refractivity contribution in [3.05, 3.63) is 28.7 Å². The van der Waals surface area contributed by atoms with Crippen molar-refractivity contribution in [2.45, 2.75) is 0 Å². The van der Waals surface area contributed by atoms with E-state index in [4.69, 9.17) is 5.73 Å². The zero-order chi connectivity index (χ0) is 13.7.